The molecular formula is C30H47NO4S. The van der Waals surface area contributed by atoms with E-state index in [4.69, 9.17) is 14.7 Å². The third kappa shape index (κ3) is 15.3. The molecule has 0 unspecified atom stereocenters. The van der Waals surface area contributed by atoms with Crippen LogP contribution in [0.5, 0.6) is 11.5 Å². The molecule has 0 atom stereocenters. The molecule has 0 fully saturated rings. The van der Waals surface area contributed by atoms with Crippen molar-refractivity contribution in [3.63, 3.8) is 0 Å². The van der Waals surface area contributed by atoms with Crippen LogP contribution >= 0.6 is 11.8 Å². The summed E-state index contributed by atoms with van der Waals surface area (Å²) in [6.07, 6.45) is 8.08. The van der Waals surface area contributed by atoms with Crippen molar-refractivity contribution in [3.05, 3.63) is 71.8 Å². The van der Waals surface area contributed by atoms with E-state index in [0.29, 0.717) is 0 Å². The average Bonchev–Trinajstić information content (AvgIpc) is 2.94. The second kappa shape index (κ2) is 24.0. The molecule has 36 heavy (non-hydrogen) atoms. The lowest BCUT2D eigenvalue weighted by molar-refractivity contribution is -0.126. The summed E-state index contributed by atoms with van der Waals surface area (Å²) in [6.45, 7) is 13.9. The summed E-state index contributed by atoms with van der Waals surface area (Å²) in [4.78, 5) is 10.7. The number of hydrogen-bond acceptors (Lipinski definition) is 5. The summed E-state index contributed by atoms with van der Waals surface area (Å²) in [6, 6.07) is 16.5. The number of methoxy groups -OCH3 is 2. The highest BCUT2D eigenvalue weighted by Crippen LogP contribution is 2.37. The van der Waals surface area contributed by atoms with Crippen LogP contribution in [0.1, 0.15) is 78.9 Å². The van der Waals surface area contributed by atoms with Crippen molar-refractivity contribution in [2.24, 2.45) is 0 Å². The van der Waals surface area contributed by atoms with Gasteiger partial charge in [0.25, 0.3) is 0 Å². The van der Waals surface area contributed by atoms with Crippen molar-refractivity contribution in [2.45, 2.75) is 67.7 Å². The number of hydrogen-bond donors (Lipinski definition) is 2. The van der Waals surface area contributed by atoms with Gasteiger partial charge in [0.2, 0.25) is 5.91 Å². The van der Waals surface area contributed by atoms with Gasteiger partial charge in [0, 0.05) is 11.8 Å². The van der Waals surface area contributed by atoms with Gasteiger partial charge < -0.3 is 9.47 Å². The number of benzene rings is 2. The molecule has 0 aliphatic heterocycles. The van der Waals surface area contributed by atoms with Gasteiger partial charge in [-0.25, -0.2) is 5.48 Å². The molecule has 0 aromatic heterocycles. The summed E-state index contributed by atoms with van der Waals surface area (Å²) >= 11 is 1.86. The molecule has 2 N–H and O–H groups in total. The highest BCUT2D eigenvalue weighted by atomic mass is 32.2. The van der Waals surface area contributed by atoms with Gasteiger partial charge in [0.1, 0.15) is 11.5 Å². The van der Waals surface area contributed by atoms with Crippen molar-refractivity contribution in [1.82, 2.24) is 5.48 Å². The highest BCUT2D eigenvalue weighted by molar-refractivity contribution is 8.08. The van der Waals surface area contributed by atoms with Crippen LogP contribution < -0.4 is 15.0 Å². The first-order valence-corrected chi connectivity index (χ1v) is 13.6. The fourth-order valence-electron chi connectivity index (χ4n) is 2.51. The van der Waals surface area contributed by atoms with E-state index >= 15 is 0 Å². The van der Waals surface area contributed by atoms with Crippen LogP contribution in [0.3, 0.4) is 0 Å². The largest absolute Gasteiger partial charge is 0.497 e. The van der Waals surface area contributed by atoms with E-state index in [1.165, 1.54) is 46.9 Å². The number of ether oxygens (including phenoxy) is 2. The second-order valence-electron chi connectivity index (χ2n) is 7.11. The fraction of sp³-hybridized carbons (Fsp3) is 0.433. The van der Waals surface area contributed by atoms with Crippen LogP contribution in [0.25, 0.3) is 10.5 Å². The number of carbonyl (C=O) groups excluding carboxylic acids is 1. The molecule has 0 aliphatic carbocycles. The molecule has 0 aliphatic rings. The molecule has 0 saturated carbocycles. The molecule has 1 amide bonds. The van der Waals surface area contributed by atoms with Gasteiger partial charge in [0.05, 0.1) is 14.2 Å². The molecule has 0 radical (unpaired) electrons. The summed E-state index contributed by atoms with van der Waals surface area (Å²) in [5, 5.41) is 7.54. The minimum absolute atomic E-state index is 0.440. The Morgan fingerprint density at radius 1 is 0.861 bits per heavy atom. The monoisotopic (exact) mass is 517 g/mol. The SMILES string of the molecule is CC.CC(=O)NO.CC/C=C/C(=C(\SCC)c1ccc(OC)cc1)c1ccc(OC)cc1.CCCC. The molecular weight excluding hydrogens is 470 g/mol. The zero-order valence-corrected chi connectivity index (χ0v) is 24.5. The van der Waals surface area contributed by atoms with E-state index < -0.39 is 5.91 Å². The standard InChI is InChI=1S/C22H26O2S.C4H10.C2H5NO2.C2H6/c1-5-7-8-21(17-9-13-19(23-3)14-10-17)22(25-6-2)18-11-15-20(24-4)16-12-18;1-3-4-2;1-2(4)3-5;1-2/h7-16H,5-6H2,1-4H3;3-4H2,1-2H3;5H,1H3,(H,3,4);1-2H3/b8-7+,22-21+;;;. The molecule has 2 aromatic rings. The molecule has 5 nitrogen and oxygen atoms in total. The third-order valence-corrected chi connectivity index (χ3v) is 5.50. The lowest BCUT2D eigenvalue weighted by Gasteiger charge is -2.14. The molecule has 0 bridgehead atoms. The lowest BCUT2D eigenvalue weighted by Crippen LogP contribution is -2.12. The predicted octanol–water partition coefficient (Wildman–Crippen LogP) is 8.64. The molecule has 2 rings (SSSR count). The van der Waals surface area contributed by atoms with E-state index in [9.17, 15) is 4.79 Å². The molecule has 0 heterocycles. The summed E-state index contributed by atoms with van der Waals surface area (Å²) in [7, 11) is 3.39. The van der Waals surface area contributed by atoms with Crippen LogP contribution in [-0.4, -0.2) is 31.1 Å². The number of allylic oxidation sites excluding steroid dienone is 3. The van der Waals surface area contributed by atoms with Gasteiger partial charge in [-0.15, -0.1) is 11.8 Å². The molecule has 2 aromatic carbocycles. The van der Waals surface area contributed by atoms with Crippen molar-refractivity contribution >= 4 is 28.1 Å². The minimum atomic E-state index is -0.440. The van der Waals surface area contributed by atoms with E-state index in [1.807, 2.05) is 49.9 Å². The average molecular weight is 518 g/mol. The fourth-order valence-corrected chi connectivity index (χ4v) is 3.45. The number of thioether (sulfide) groups is 1. The zero-order chi connectivity index (χ0) is 27.8. The Kier molecular flexibility index (Phi) is 23.7. The van der Waals surface area contributed by atoms with Gasteiger partial charge in [-0.05, 0) is 53.1 Å². The van der Waals surface area contributed by atoms with E-state index in [0.717, 1.165) is 23.7 Å². The number of amides is 1. The molecule has 0 spiro atoms. The Morgan fingerprint density at radius 3 is 1.58 bits per heavy atom. The number of unbranched alkanes of at least 4 members (excludes halogenated alkanes) is 1. The predicted molar refractivity (Wildman–Crippen MR) is 158 cm³/mol. The summed E-state index contributed by atoms with van der Waals surface area (Å²) in [5.74, 6) is 2.32. The topological polar surface area (TPSA) is 67.8 Å². The molecule has 202 valence electrons. The van der Waals surface area contributed by atoms with Crippen LogP contribution in [0.4, 0.5) is 0 Å². The maximum Gasteiger partial charge on any atom is 0.240 e. The van der Waals surface area contributed by atoms with E-state index in [1.54, 1.807) is 14.2 Å². The van der Waals surface area contributed by atoms with E-state index in [-0.39, 0.29) is 0 Å². The maximum atomic E-state index is 9.45. The normalized spacial score (nSPS) is 10.4. The third-order valence-electron chi connectivity index (χ3n) is 4.46. The first-order valence-electron chi connectivity index (χ1n) is 12.6. The Balaban J connectivity index is 0. The zero-order valence-electron chi connectivity index (χ0n) is 23.7. The maximum absolute atomic E-state index is 9.45. The van der Waals surface area contributed by atoms with Crippen molar-refractivity contribution in [3.8, 4) is 11.5 Å². The summed E-state index contributed by atoms with van der Waals surface area (Å²) in [5.41, 5.74) is 5.03. The number of hydroxylamine groups is 1. The highest BCUT2D eigenvalue weighted by Gasteiger charge is 2.11. The Morgan fingerprint density at radius 2 is 1.28 bits per heavy atom. The smallest absolute Gasteiger partial charge is 0.240 e. The van der Waals surface area contributed by atoms with Crippen LogP contribution in [-0.2, 0) is 4.79 Å². The van der Waals surface area contributed by atoms with Crippen LogP contribution in [0, 0.1) is 0 Å². The minimum Gasteiger partial charge on any atom is -0.497 e. The van der Waals surface area contributed by atoms with Crippen molar-refractivity contribution < 1.29 is 19.5 Å². The van der Waals surface area contributed by atoms with Crippen molar-refractivity contribution in [2.75, 3.05) is 20.0 Å². The van der Waals surface area contributed by atoms with Gasteiger partial charge in [-0.3, -0.25) is 10.0 Å². The molecule has 0 saturated heterocycles. The Hall–Kier alpha value is -2.70. The van der Waals surface area contributed by atoms with Gasteiger partial charge >= 0.3 is 0 Å². The number of rotatable bonds is 9. The van der Waals surface area contributed by atoms with Crippen LogP contribution in [0.15, 0.2) is 60.7 Å². The Labute approximate surface area is 224 Å². The lowest BCUT2D eigenvalue weighted by atomic mass is 10.0. The second-order valence-corrected chi connectivity index (χ2v) is 8.39. The number of carbonyl (C=O) groups is 1. The molecule has 6 heteroatoms. The van der Waals surface area contributed by atoms with E-state index in [2.05, 4.69) is 64.1 Å². The summed E-state index contributed by atoms with van der Waals surface area (Å²) < 4.78 is 10.6. The Bertz CT molecular complexity index is 858. The van der Waals surface area contributed by atoms with Gasteiger partial charge in [0.15, 0.2) is 0 Å². The quantitative estimate of drug-likeness (QED) is 0.151. The van der Waals surface area contributed by atoms with Crippen molar-refractivity contribution in [1.29, 1.82) is 0 Å². The number of nitrogens with one attached hydrogen (secondary N) is 1. The van der Waals surface area contributed by atoms with Crippen LogP contribution in [0.2, 0.25) is 0 Å². The van der Waals surface area contributed by atoms with Gasteiger partial charge in [-0.1, -0.05) is 90.8 Å². The first kappa shape index (κ1) is 35.5. The first-order chi connectivity index (χ1) is 17.4. The van der Waals surface area contributed by atoms with Gasteiger partial charge in [-0.2, -0.15) is 0 Å².